The van der Waals surface area contributed by atoms with Crippen LogP contribution in [0.25, 0.3) is 21.6 Å². The van der Waals surface area contributed by atoms with E-state index in [2.05, 4.69) is 35.8 Å². The first-order chi connectivity index (χ1) is 34.9. The predicted octanol–water partition coefficient (Wildman–Crippen LogP) is 8.00. The molecule has 2 fully saturated rings. The predicted molar refractivity (Wildman–Crippen MR) is 279 cm³/mol. The average Bonchev–Trinajstić information content (AvgIpc) is 4.20. The number of β-amino-alcohol motifs (C(OH)–C–C–N with tert-alkyl or cyclic N) is 1. The van der Waals surface area contributed by atoms with E-state index in [1.54, 1.807) is 41.4 Å². The normalized spacial score (nSPS) is 18.2. The molecule has 2 saturated heterocycles. The van der Waals surface area contributed by atoms with Crippen molar-refractivity contribution in [2.75, 3.05) is 31.9 Å². The number of likely N-dealkylation sites (tertiary alicyclic amines) is 2. The Morgan fingerprint density at radius 3 is 2.56 bits per heavy atom. The van der Waals surface area contributed by atoms with Crippen LogP contribution in [0.3, 0.4) is 0 Å². The first kappa shape index (κ1) is 53.3. The van der Waals surface area contributed by atoms with E-state index in [1.807, 2.05) is 74.5 Å². The molecule has 6 aromatic rings. The van der Waals surface area contributed by atoms with Crippen molar-refractivity contribution in [3.8, 4) is 27.3 Å². The third-order valence-electron chi connectivity index (χ3n) is 13.5. The molecule has 2 aromatic carbocycles. The fourth-order valence-corrected chi connectivity index (χ4v) is 11.0. The highest BCUT2D eigenvalue weighted by Gasteiger charge is 2.44. The van der Waals surface area contributed by atoms with E-state index >= 15 is 0 Å². The maximum Gasteiger partial charge on any atom is 0.246 e. The minimum atomic E-state index is -0.915. The quantitative estimate of drug-likeness (QED) is 0.0569. The van der Waals surface area contributed by atoms with Gasteiger partial charge in [0.25, 0.3) is 0 Å². The first-order valence-electron chi connectivity index (χ1n) is 24.7. The number of rotatable bonds is 19. The Morgan fingerprint density at radius 1 is 1.01 bits per heavy atom. The van der Waals surface area contributed by atoms with Gasteiger partial charge >= 0.3 is 0 Å². The number of carbonyl (C=O) groups is 3. The van der Waals surface area contributed by atoms with Gasteiger partial charge in [-0.15, -0.1) is 16.4 Å². The molecule has 0 saturated carbocycles. The summed E-state index contributed by atoms with van der Waals surface area (Å²) in [6, 6.07) is 10.7. The molecule has 5 N–H and O–H groups in total. The number of benzene rings is 2. The number of nitrogen functional groups attached to an aromatic ring is 1. The summed E-state index contributed by atoms with van der Waals surface area (Å²) in [6.45, 7) is 12.8. The highest BCUT2D eigenvalue weighted by molar-refractivity contribution is 7.13. The van der Waals surface area contributed by atoms with Gasteiger partial charge in [0.15, 0.2) is 11.6 Å². The maximum atomic E-state index is 14.2. The Morgan fingerprint density at radius 2 is 1.81 bits per heavy atom. The van der Waals surface area contributed by atoms with Crippen LogP contribution in [0.5, 0.6) is 5.75 Å². The van der Waals surface area contributed by atoms with Gasteiger partial charge in [-0.2, -0.15) is 5.10 Å². The standard InChI is InChI=1S/C52H63Cl2FN12O5S/c1-31-47(73-30-59-31)34-14-12-33(13-15-34)23-58-50(70)42-22-39(68)29-66(42)51(71)48(52(3,4)5)61-44(69)11-8-20-65-27-37(62-63-65)9-6-18-64-19-7-10-38(28-64)67-26-36(25-60-67)35-21-43(49(56)57-24-35)72-32(2)45-40(53)16-17-41(55)46(45)54/h12-17,21,24-27,30,32,38-39,42,48,68H,6-11,18-20,22-23,28-29H2,1-5H3,(H2,56,57)(H,58,70)(H,61,69)/t32?,38?,39-,42+,48?/m1/s1. The van der Waals surface area contributed by atoms with Gasteiger partial charge in [0.2, 0.25) is 17.7 Å². The zero-order chi connectivity index (χ0) is 52.0. The minimum Gasteiger partial charge on any atom is -0.482 e. The smallest absolute Gasteiger partial charge is 0.246 e. The minimum absolute atomic E-state index is 0.00109. The van der Waals surface area contributed by atoms with Gasteiger partial charge in [0.1, 0.15) is 24.0 Å². The molecule has 3 unspecified atom stereocenters. The van der Waals surface area contributed by atoms with Crippen molar-refractivity contribution >= 4 is 58.1 Å². The van der Waals surface area contributed by atoms with Gasteiger partial charge in [-0.05, 0) is 93.8 Å². The van der Waals surface area contributed by atoms with Crippen LogP contribution >= 0.6 is 34.5 Å². The molecule has 73 heavy (non-hydrogen) atoms. The molecule has 2 aliphatic heterocycles. The van der Waals surface area contributed by atoms with Crippen molar-refractivity contribution in [1.82, 2.24) is 55.2 Å². The average molecular weight is 1060 g/mol. The summed E-state index contributed by atoms with van der Waals surface area (Å²) in [4.78, 5) is 54.6. The molecule has 388 valence electrons. The SMILES string of the molecule is Cc1ncsc1-c1ccc(CNC(=O)[C@@H]2C[C@@H](O)CN2C(=O)C(NC(=O)CCCn2cc(CCCN3CCCC(n4cc(-c5cnc(N)c(OC(C)c6c(Cl)ccc(F)c6Cl)c5)cn4)C3)nn2)C(C)(C)C)cc1. The van der Waals surface area contributed by atoms with Crippen LogP contribution in [0.1, 0.15) is 101 Å². The number of amides is 3. The number of piperidine rings is 1. The van der Waals surface area contributed by atoms with Crippen LogP contribution in [0.2, 0.25) is 10.0 Å². The number of thiazole rings is 1. The van der Waals surface area contributed by atoms with E-state index in [4.69, 9.17) is 38.8 Å². The number of hydrogen-bond acceptors (Lipinski definition) is 13. The molecule has 0 bridgehead atoms. The fourth-order valence-electron chi connectivity index (χ4n) is 9.47. The molecule has 4 aromatic heterocycles. The number of aromatic nitrogens is 7. The van der Waals surface area contributed by atoms with Gasteiger partial charge in [-0.3, -0.25) is 23.7 Å². The lowest BCUT2D eigenvalue weighted by Gasteiger charge is -2.35. The van der Waals surface area contributed by atoms with Gasteiger partial charge in [0.05, 0.1) is 45.1 Å². The summed E-state index contributed by atoms with van der Waals surface area (Å²) < 4.78 is 24.1. The number of halogens is 3. The second kappa shape index (κ2) is 23.5. The highest BCUT2D eigenvalue weighted by atomic mass is 35.5. The zero-order valence-electron chi connectivity index (χ0n) is 41.7. The van der Waals surface area contributed by atoms with Crippen LogP contribution in [-0.2, 0) is 33.9 Å². The van der Waals surface area contributed by atoms with Crippen molar-refractivity contribution in [2.45, 2.75) is 123 Å². The van der Waals surface area contributed by atoms with E-state index in [0.29, 0.717) is 24.3 Å². The van der Waals surface area contributed by atoms with E-state index in [1.165, 1.54) is 17.0 Å². The highest BCUT2D eigenvalue weighted by Crippen LogP contribution is 2.37. The number of carbonyl (C=O) groups excluding carboxylic acids is 3. The molecule has 0 radical (unpaired) electrons. The van der Waals surface area contributed by atoms with Crippen LogP contribution in [0.15, 0.2) is 72.8 Å². The van der Waals surface area contributed by atoms with Crippen molar-refractivity contribution in [3.63, 3.8) is 0 Å². The van der Waals surface area contributed by atoms with Gasteiger partial charge in [-0.1, -0.05) is 73.5 Å². The lowest BCUT2D eigenvalue weighted by molar-refractivity contribution is -0.144. The van der Waals surface area contributed by atoms with Gasteiger partial charge < -0.3 is 36.0 Å². The summed E-state index contributed by atoms with van der Waals surface area (Å²) in [5, 5.41) is 30.1. The molecule has 2 aliphatic rings. The second-order valence-corrected chi connectivity index (χ2v) is 21.7. The summed E-state index contributed by atoms with van der Waals surface area (Å²) in [7, 11) is 0. The van der Waals surface area contributed by atoms with Crippen molar-refractivity contribution in [3.05, 3.63) is 111 Å². The van der Waals surface area contributed by atoms with Crippen molar-refractivity contribution < 1.29 is 28.6 Å². The molecule has 21 heteroatoms. The van der Waals surface area contributed by atoms with E-state index < -0.39 is 41.4 Å². The summed E-state index contributed by atoms with van der Waals surface area (Å²) in [5.41, 5.74) is 13.1. The van der Waals surface area contributed by atoms with Gasteiger partial charge in [0, 0.05) is 79.3 Å². The molecule has 17 nitrogen and oxygen atoms in total. The largest absolute Gasteiger partial charge is 0.482 e. The Balaban J connectivity index is 0.768. The van der Waals surface area contributed by atoms with Crippen LogP contribution in [0.4, 0.5) is 10.2 Å². The third-order valence-corrected chi connectivity index (χ3v) is 15.1. The van der Waals surface area contributed by atoms with E-state index in [-0.39, 0.29) is 59.7 Å². The number of anilines is 1. The molecular formula is C52H63Cl2FN12O5S. The number of nitrogens with zero attached hydrogens (tertiary/aromatic N) is 9. The Labute approximate surface area is 438 Å². The fraction of sp³-hybridized carbons (Fsp3) is 0.462. The topological polar surface area (TPSA) is 212 Å². The number of ether oxygens (including phenoxy) is 1. The van der Waals surface area contributed by atoms with Crippen LogP contribution in [-0.4, -0.2) is 112 Å². The Hall–Kier alpha value is -5.99. The number of nitrogens with one attached hydrogen (secondary N) is 2. The summed E-state index contributed by atoms with van der Waals surface area (Å²) >= 11 is 14.1. The molecule has 0 aliphatic carbocycles. The molecule has 8 rings (SSSR count). The van der Waals surface area contributed by atoms with Crippen LogP contribution < -0.4 is 21.1 Å². The Kier molecular flexibility index (Phi) is 17.1. The lowest BCUT2D eigenvalue weighted by atomic mass is 9.85. The maximum absolute atomic E-state index is 14.2. The molecule has 5 atom stereocenters. The molecular weight excluding hydrogens is 995 g/mol. The van der Waals surface area contributed by atoms with Gasteiger partial charge in [-0.25, -0.2) is 14.4 Å². The molecule has 3 amide bonds. The summed E-state index contributed by atoms with van der Waals surface area (Å²) in [5.74, 6) is -1.14. The number of pyridine rings is 1. The zero-order valence-corrected chi connectivity index (χ0v) is 44.1. The van der Waals surface area contributed by atoms with Crippen LogP contribution in [0, 0.1) is 18.2 Å². The first-order valence-corrected chi connectivity index (χ1v) is 26.3. The monoisotopic (exact) mass is 1060 g/mol. The number of aryl methyl sites for hydroxylation is 3. The van der Waals surface area contributed by atoms with Crippen molar-refractivity contribution in [2.24, 2.45) is 5.41 Å². The van der Waals surface area contributed by atoms with E-state index in [9.17, 15) is 23.9 Å². The number of aliphatic hydroxyl groups excluding tert-OH is 1. The number of aliphatic hydroxyl groups is 1. The lowest BCUT2D eigenvalue weighted by Crippen LogP contribution is -2.57. The third kappa shape index (κ3) is 13.2. The molecule has 6 heterocycles. The van der Waals surface area contributed by atoms with E-state index in [0.717, 1.165) is 83.8 Å². The molecule has 0 spiro atoms. The Bertz CT molecular complexity index is 2890. The number of hydrogen-bond donors (Lipinski definition) is 4. The summed E-state index contributed by atoms with van der Waals surface area (Å²) in [6.07, 6.45) is 10.2. The van der Waals surface area contributed by atoms with Crippen molar-refractivity contribution in [1.29, 1.82) is 0 Å². The number of nitrogens with two attached hydrogens (primary N) is 1. The second-order valence-electron chi connectivity index (χ2n) is 20.1.